The Hall–Kier alpha value is -2.19. The molecule has 32 heavy (non-hydrogen) atoms. The number of carbonyl (C=O) groups is 3. The van der Waals surface area contributed by atoms with E-state index in [2.05, 4.69) is 0 Å². The quantitative estimate of drug-likeness (QED) is 0.509. The van der Waals surface area contributed by atoms with Gasteiger partial charge in [0.25, 0.3) is 0 Å². The molecule has 2 saturated heterocycles. The Labute approximate surface area is 189 Å². The summed E-state index contributed by atoms with van der Waals surface area (Å²) in [6, 6.07) is -1.58. The van der Waals surface area contributed by atoms with Gasteiger partial charge in [0.15, 0.2) is 0 Å². The van der Waals surface area contributed by atoms with Crippen molar-refractivity contribution in [2.45, 2.75) is 76.3 Å². The SMILES string of the molecule is C[C@H](CO)N1C(=O)[C@@H]2[C@H]3C(=O)OCCC/C=C\[C@@]3(C)O[C@@]23C=CCN(C(C)(C)C)C(=O)C13. The molecule has 4 heterocycles. The standard InChI is InChI=1S/C24H34N2O6/c1-15(14-27)26-18-20(29)25(22(2,3)4)12-9-11-24(18)16(19(26)28)17-21(30)31-13-8-6-7-10-23(17,5)32-24/h7,9-11,15-18,27H,6,8,12-14H2,1-5H3/b10-7-/t15-,16+,17+,18?,23-,24+/m1/s1. The molecule has 1 unspecified atom stereocenters. The van der Waals surface area contributed by atoms with Gasteiger partial charge in [0.2, 0.25) is 11.8 Å². The van der Waals surface area contributed by atoms with Gasteiger partial charge in [-0.2, -0.15) is 0 Å². The second-order valence-corrected chi connectivity index (χ2v) is 10.5. The Morgan fingerprint density at radius 3 is 2.53 bits per heavy atom. The van der Waals surface area contributed by atoms with Gasteiger partial charge in [-0.3, -0.25) is 14.4 Å². The number of nitrogens with zero attached hydrogens (tertiary/aromatic N) is 2. The van der Waals surface area contributed by atoms with Crippen LogP contribution in [0.2, 0.25) is 0 Å². The summed E-state index contributed by atoms with van der Waals surface area (Å²) >= 11 is 0. The van der Waals surface area contributed by atoms with E-state index in [1.54, 1.807) is 24.8 Å². The average molecular weight is 447 g/mol. The number of hydrogen-bond acceptors (Lipinski definition) is 6. The van der Waals surface area contributed by atoms with Crippen molar-refractivity contribution in [1.29, 1.82) is 0 Å². The highest BCUT2D eigenvalue weighted by atomic mass is 16.6. The molecule has 0 aromatic carbocycles. The largest absolute Gasteiger partial charge is 0.465 e. The number of aliphatic hydroxyl groups is 1. The summed E-state index contributed by atoms with van der Waals surface area (Å²) in [5.41, 5.74) is -2.89. The zero-order chi connectivity index (χ0) is 23.5. The van der Waals surface area contributed by atoms with Crippen molar-refractivity contribution in [2.75, 3.05) is 19.8 Å². The summed E-state index contributed by atoms with van der Waals surface area (Å²) in [5, 5.41) is 9.92. The van der Waals surface area contributed by atoms with Gasteiger partial charge in [-0.05, 0) is 47.5 Å². The third-order valence-corrected chi connectivity index (χ3v) is 7.24. The Morgan fingerprint density at radius 1 is 1.16 bits per heavy atom. The molecular weight excluding hydrogens is 412 g/mol. The van der Waals surface area contributed by atoms with E-state index in [1.807, 2.05) is 39.0 Å². The molecule has 8 heteroatoms. The van der Waals surface area contributed by atoms with Gasteiger partial charge in [0.1, 0.15) is 17.6 Å². The van der Waals surface area contributed by atoms with E-state index in [0.29, 0.717) is 13.0 Å². The number of likely N-dealkylation sites (tertiary alicyclic amines) is 1. The third kappa shape index (κ3) is 3.22. The van der Waals surface area contributed by atoms with Crippen molar-refractivity contribution in [2.24, 2.45) is 11.8 Å². The van der Waals surface area contributed by atoms with Crippen molar-refractivity contribution in [1.82, 2.24) is 9.80 Å². The minimum absolute atomic E-state index is 0.244. The first kappa shape index (κ1) is 23.0. The molecule has 4 aliphatic rings. The van der Waals surface area contributed by atoms with Gasteiger partial charge >= 0.3 is 5.97 Å². The Morgan fingerprint density at radius 2 is 1.88 bits per heavy atom. The highest BCUT2D eigenvalue weighted by molar-refractivity contribution is 5.99. The molecule has 6 atom stereocenters. The first-order valence-electron chi connectivity index (χ1n) is 11.4. The Balaban J connectivity index is 1.91. The van der Waals surface area contributed by atoms with E-state index >= 15 is 0 Å². The van der Waals surface area contributed by atoms with Crippen LogP contribution in [-0.4, -0.2) is 81.3 Å². The average Bonchev–Trinajstić information content (AvgIpc) is 3.06. The van der Waals surface area contributed by atoms with E-state index in [-0.39, 0.29) is 25.0 Å². The monoisotopic (exact) mass is 446 g/mol. The summed E-state index contributed by atoms with van der Waals surface area (Å²) in [7, 11) is 0. The summed E-state index contributed by atoms with van der Waals surface area (Å²) < 4.78 is 12.2. The fraction of sp³-hybridized carbons (Fsp3) is 0.708. The van der Waals surface area contributed by atoms with Gasteiger partial charge in [0, 0.05) is 12.1 Å². The van der Waals surface area contributed by atoms with Crippen LogP contribution in [0, 0.1) is 11.8 Å². The molecule has 0 radical (unpaired) electrons. The minimum atomic E-state index is -1.32. The first-order valence-corrected chi connectivity index (χ1v) is 11.4. The van der Waals surface area contributed by atoms with Crippen molar-refractivity contribution in [3.8, 4) is 0 Å². The van der Waals surface area contributed by atoms with Crippen LogP contribution in [-0.2, 0) is 23.9 Å². The molecule has 8 nitrogen and oxygen atoms in total. The van der Waals surface area contributed by atoms with Crippen molar-refractivity contribution < 1.29 is 29.0 Å². The fourth-order valence-electron chi connectivity index (χ4n) is 5.74. The molecular formula is C24H34N2O6. The molecule has 4 aliphatic heterocycles. The summed E-state index contributed by atoms with van der Waals surface area (Å²) in [5.74, 6) is -2.89. The molecule has 176 valence electrons. The molecule has 0 saturated carbocycles. The number of cyclic esters (lactones) is 1. The van der Waals surface area contributed by atoms with Crippen LogP contribution in [0.4, 0.5) is 0 Å². The van der Waals surface area contributed by atoms with E-state index in [9.17, 15) is 19.5 Å². The molecule has 1 N–H and O–H groups in total. The summed E-state index contributed by atoms with van der Waals surface area (Å²) in [4.78, 5) is 44.2. The molecule has 4 rings (SSSR count). The maximum atomic E-state index is 14.0. The van der Waals surface area contributed by atoms with Crippen molar-refractivity contribution in [3.63, 3.8) is 0 Å². The van der Waals surface area contributed by atoms with Crippen LogP contribution >= 0.6 is 0 Å². The number of allylic oxidation sites excluding steroid dienone is 1. The molecule has 2 fully saturated rings. The molecule has 0 aliphatic carbocycles. The van der Waals surface area contributed by atoms with Crippen LogP contribution < -0.4 is 0 Å². The Bertz CT molecular complexity index is 876. The highest BCUT2D eigenvalue weighted by Gasteiger charge is 2.75. The molecule has 1 spiro atoms. The fourth-order valence-corrected chi connectivity index (χ4v) is 5.74. The van der Waals surface area contributed by atoms with Crippen LogP contribution in [0.5, 0.6) is 0 Å². The number of esters is 1. The lowest BCUT2D eigenvalue weighted by molar-refractivity contribution is -0.162. The topological polar surface area (TPSA) is 96.4 Å². The number of aliphatic hydroxyl groups excluding tert-OH is 1. The molecule has 0 bridgehead atoms. The van der Waals surface area contributed by atoms with Crippen LogP contribution in [0.3, 0.4) is 0 Å². The zero-order valence-corrected chi connectivity index (χ0v) is 19.5. The second-order valence-electron chi connectivity index (χ2n) is 10.5. The van der Waals surface area contributed by atoms with Gasteiger partial charge in [-0.15, -0.1) is 0 Å². The van der Waals surface area contributed by atoms with Crippen molar-refractivity contribution in [3.05, 3.63) is 24.3 Å². The van der Waals surface area contributed by atoms with Gasteiger partial charge in [0.05, 0.1) is 30.8 Å². The van der Waals surface area contributed by atoms with Crippen molar-refractivity contribution >= 4 is 17.8 Å². The van der Waals surface area contributed by atoms with Gasteiger partial charge < -0.3 is 24.4 Å². The second kappa shape index (κ2) is 7.70. The minimum Gasteiger partial charge on any atom is -0.465 e. The highest BCUT2D eigenvalue weighted by Crippen LogP contribution is 2.57. The lowest BCUT2D eigenvalue weighted by Gasteiger charge is -2.42. The van der Waals surface area contributed by atoms with E-state index in [4.69, 9.17) is 9.47 Å². The lowest BCUT2D eigenvalue weighted by atomic mass is 9.74. The number of hydrogen-bond donors (Lipinski definition) is 1. The predicted molar refractivity (Wildman–Crippen MR) is 116 cm³/mol. The maximum Gasteiger partial charge on any atom is 0.313 e. The van der Waals surface area contributed by atoms with Crippen LogP contribution in [0.25, 0.3) is 0 Å². The normalized spacial score (nSPS) is 39.3. The number of rotatable bonds is 2. The third-order valence-electron chi connectivity index (χ3n) is 7.24. The Kier molecular flexibility index (Phi) is 5.53. The smallest absolute Gasteiger partial charge is 0.313 e. The van der Waals surface area contributed by atoms with E-state index < -0.39 is 46.6 Å². The van der Waals surface area contributed by atoms with Gasteiger partial charge in [-0.1, -0.05) is 24.3 Å². The summed E-state index contributed by atoms with van der Waals surface area (Å²) in [6.07, 6.45) is 8.91. The maximum absolute atomic E-state index is 14.0. The number of fused-ring (bicyclic) bond motifs is 2. The van der Waals surface area contributed by atoms with Crippen LogP contribution in [0.1, 0.15) is 47.5 Å². The lowest BCUT2D eigenvalue weighted by Crippen LogP contribution is -2.60. The van der Waals surface area contributed by atoms with Crippen LogP contribution in [0.15, 0.2) is 24.3 Å². The summed E-state index contributed by atoms with van der Waals surface area (Å²) in [6.45, 7) is 9.67. The number of ether oxygens (including phenoxy) is 2. The van der Waals surface area contributed by atoms with E-state index in [0.717, 1.165) is 6.42 Å². The molecule has 0 aromatic heterocycles. The molecule has 2 amide bonds. The van der Waals surface area contributed by atoms with Gasteiger partial charge in [-0.25, -0.2) is 0 Å². The number of amides is 2. The van der Waals surface area contributed by atoms with E-state index in [1.165, 1.54) is 4.90 Å². The number of carbonyl (C=O) groups excluding carboxylic acids is 3. The molecule has 0 aromatic rings. The first-order chi connectivity index (χ1) is 15.0. The predicted octanol–water partition coefficient (Wildman–Crippen LogP) is 1.43. The zero-order valence-electron chi connectivity index (χ0n) is 19.5.